The average Bonchev–Trinajstić information content (AvgIpc) is 3.38. The molecule has 0 amide bonds. The van der Waals surface area contributed by atoms with E-state index in [1.165, 1.54) is 18.4 Å². The molecule has 6 rings (SSSR count). The first-order chi connectivity index (χ1) is 13.0. The van der Waals surface area contributed by atoms with E-state index < -0.39 is 17.1 Å². The minimum atomic E-state index is -0.869. The predicted octanol–water partition coefficient (Wildman–Crippen LogP) is 2.20. The summed E-state index contributed by atoms with van der Waals surface area (Å²) in [6, 6.07) is 0.103. The van der Waals surface area contributed by atoms with E-state index in [2.05, 4.69) is 17.9 Å². The van der Waals surface area contributed by atoms with Gasteiger partial charge in [-0.1, -0.05) is 13.0 Å². The number of hydrogen-bond donors (Lipinski definition) is 1. The molecule has 6 unspecified atom stereocenters. The van der Waals surface area contributed by atoms with Crippen LogP contribution in [0.1, 0.15) is 45.4 Å². The van der Waals surface area contributed by atoms with Crippen molar-refractivity contribution in [3.8, 4) is 0 Å². The quantitative estimate of drug-likeness (QED) is 0.824. The molecule has 0 aromatic heterocycles. The van der Waals surface area contributed by atoms with Crippen LogP contribution >= 0.6 is 0 Å². The second kappa shape index (κ2) is 5.25. The molecule has 2 aliphatic heterocycles. The van der Waals surface area contributed by atoms with Gasteiger partial charge in [0.2, 0.25) is 0 Å². The zero-order chi connectivity index (χ0) is 18.6. The van der Waals surface area contributed by atoms with Crippen molar-refractivity contribution in [1.82, 2.24) is 4.90 Å². The van der Waals surface area contributed by atoms with Gasteiger partial charge >= 0.3 is 0 Å². The number of rotatable bonds is 3. The van der Waals surface area contributed by atoms with Crippen LogP contribution in [0.2, 0.25) is 0 Å². The highest BCUT2D eigenvalue weighted by atomic mass is 16.5. The van der Waals surface area contributed by atoms with Crippen molar-refractivity contribution in [2.75, 3.05) is 20.2 Å². The number of methoxy groups -OCH3 is 1. The maximum atomic E-state index is 12.9. The van der Waals surface area contributed by atoms with Gasteiger partial charge in [-0.25, -0.2) is 0 Å². The van der Waals surface area contributed by atoms with Gasteiger partial charge in [0.15, 0.2) is 11.9 Å². The fourth-order valence-corrected chi connectivity index (χ4v) is 7.03. The van der Waals surface area contributed by atoms with Crippen LogP contribution in [0.15, 0.2) is 23.0 Å². The Kier molecular flexibility index (Phi) is 3.26. The van der Waals surface area contributed by atoms with E-state index in [0.29, 0.717) is 12.8 Å². The van der Waals surface area contributed by atoms with E-state index in [1.807, 2.05) is 0 Å². The monoisotopic (exact) mass is 371 g/mol. The van der Waals surface area contributed by atoms with Gasteiger partial charge in [-0.05, 0) is 50.1 Å². The first kappa shape index (κ1) is 16.8. The number of likely N-dealkylation sites (tertiary alicyclic amines) is 1. The van der Waals surface area contributed by atoms with E-state index in [9.17, 15) is 9.90 Å². The van der Waals surface area contributed by atoms with Crippen molar-refractivity contribution in [2.45, 2.75) is 69.3 Å². The van der Waals surface area contributed by atoms with Gasteiger partial charge in [-0.2, -0.15) is 0 Å². The van der Waals surface area contributed by atoms with Crippen molar-refractivity contribution in [3.63, 3.8) is 0 Å². The molecule has 4 aliphatic carbocycles. The molecule has 0 aromatic rings. The fraction of sp³-hybridized carbons (Fsp3) is 0.773. The molecule has 1 saturated heterocycles. The third-order valence-corrected chi connectivity index (χ3v) is 8.37. The number of aliphatic hydroxyl groups is 1. The summed E-state index contributed by atoms with van der Waals surface area (Å²) in [4.78, 5) is 15.5. The van der Waals surface area contributed by atoms with Gasteiger partial charge in [-0.3, -0.25) is 9.69 Å². The van der Waals surface area contributed by atoms with Gasteiger partial charge in [-0.15, -0.1) is 0 Å². The van der Waals surface area contributed by atoms with Crippen molar-refractivity contribution in [3.05, 3.63) is 23.0 Å². The summed E-state index contributed by atoms with van der Waals surface area (Å²) in [7, 11) is 1.72. The molecular formula is C22H29NO4. The summed E-state index contributed by atoms with van der Waals surface area (Å²) in [6.07, 6.45) is 6.95. The average molecular weight is 371 g/mol. The molecule has 0 radical (unpaired) electrons. The van der Waals surface area contributed by atoms with Crippen molar-refractivity contribution < 1.29 is 19.4 Å². The maximum Gasteiger partial charge on any atom is 0.174 e. The van der Waals surface area contributed by atoms with E-state index in [0.717, 1.165) is 43.2 Å². The number of nitrogens with zero attached hydrogens (tertiary/aromatic N) is 1. The molecule has 3 saturated carbocycles. The third-order valence-electron chi connectivity index (χ3n) is 8.37. The minimum absolute atomic E-state index is 0.103. The van der Waals surface area contributed by atoms with Crippen LogP contribution in [-0.4, -0.2) is 59.8 Å². The second-order valence-corrected chi connectivity index (χ2v) is 9.71. The Morgan fingerprint density at radius 3 is 2.93 bits per heavy atom. The molecule has 6 aliphatic rings. The van der Waals surface area contributed by atoms with Gasteiger partial charge in [0, 0.05) is 37.6 Å². The molecular weight excluding hydrogens is 342 g/mol. The SMILES string of the molecule is COC1C2=C3C(=CC1C)CC1N(CC4CC4)CCC34C(O2)C(=O)CCC14O. The zero-order valence-electron chi connectivity index (χ0n) is 16.2. The molecule has 27 heavy (non-hydrogen) atoms. The van der Waals surface area contributed by atoms with Gasteiger partial charge in [0.05, 0.1) is 11.0 Å². The van der Waals surface area contributed by atoms with Crippen LogP contribution in [0.3, 0.4) is 0 Å². The number of ketones is 1. The predicted molar refractivity (Wildman–Crippen MR) is 98.9 cm³/mol. The van der Waals surface area contributed by atoms with Crippen LogP contribution < -0.4 is 0 Å². The Balaban J connectivity index is 1.53. The summed E-state index contributed by atoms with van der Waals surface area (Å²) in [5.74, 6) is 2.02. The Hall–Kier alpha value is -1.17. The van der Waals surface area contributed by atoms with Crippen LogP contribution in [0.25, 0.3) is 0 Å². The Morgan fingerprint density at radius 2 is 2.19 bits per heavy atom. The van der Waals surface area contributed by atoms with Gasteiger partial charge in [0.1, 0.15) is 11.9 Å². The van der Waals surface area contributed by atoms with Crippen molar-refractivity contribution in [2.24, 2.45) is 17.3 Å². The highest BCUT2D eigenvalue weighted by Crippen LogP contribution is 2.67. The molecule has 2 heterocycles. The second-order valence-electron chi connectivity index (χ2n) is 9.71. The number of ether oxygens (including phenoxy) is 2. The van der Waals surface area contributed by atoms with Crippen molar-refractivity contribution in [1.29, 1.82) is 0 Å². The Morgan fingerprint density at radius 1 is 1.37 bits per heavy atom. The lowest BCUT2D eigenvalue weighted by atomic mass is 9.47. The molecule has 1 spiro atoms. The van der Waals surface area contributed by atoms with Crippen LogP contribution in [-0.2, 0) is 14.3 Å². The third kappa shape index (κ3) is 1.89. The smallest absolute Gasteiger partial charge is 0.174 e. The van der Waals surface area contributed by atoms with E-state index >= 15 is 0 Å². The van der Waals surface area contributed by atoms with E-state index in [-0.39, 0.29) is 23.8 Å². The molecule has 2 bridgehead atoms. The van der Waals surface area contributed by atoms with Gasteiger partial charge < -0.3 is 14.6 Å². The molecule has 146 valence electrons. The highest BCUT2D eigenvalue weighted by molar-refractivity contribution is 5.88. The number of carbonyl (C=O) groups excluding carboxylic acids is 1. The number of hydrogen-bond acceptors (Lipinski definition) is 5. The van der Waals surface area contributed by atoms with Gasteiger partial charge in [0.25, 0.3) is 0 Å². The fourth-order valence-electron chi connectivity index (χ4n) is 7.03. The van der Waals surface area contributed by atoms with Crippen LogP contribution in [0, 0.1) is 17.3 Å². The zero-order valence-corrected chi connectivity index (χ0v) is 16.2. The van der Waals surface area contributed by atoms with Crippen LogP contribution in [0.5, 0.6) is 0 Å². The lowest BCUT2D eigenvalue weighted by Gasteiger charge is -2.64. The topological polar surface area (TPSA) is 59.0 Å². The normalized spacial score (nSPS) is 48.3. The number of Topliss-reactive ketones (excluding diaryl/α,β-unsaturated/α-hetero) is 1. The number of piperidine rings is 1. The van der Waals surface area contributed by atoms with E-state index in [1.54, 1.807) is 7.11 Å². The molecule has 5 heteroatoms. The standard InChI is InChI=1S/C22H29NO4/c1-12-9-14-10-16-22(25)6-5-15(24)20-21(22,7-8-23(16)11-13-3-4-13)17(14)19(27-20)18(12)26-2/h9,12-13,16,18,20,25H,3-8,10-11H2,1-2H3. The summed E-state index contributed by atoms with van der Waals surface area (Å²) in [6.45, 7) is 4.21. The maximum absolute atomic E-state index is 12.9. The molecule has 4 fully saturated rings. The number of carbonyl (C=O) groups is 1. The molecule has 0 aromatic carbocycles. The van der Waals surface area contributed by atoms with Crippen molar-refractivity contribution >= 4 is 5.78 Å². The van der Waals surface area contributed by atoms with E-state index in [4.69, 9.17) is 9.47 Å². The molecule has 5 nitrogen and oxygen atoms in total. The van der Waals surface area contributed by atoms with Crippen LogP contribution in [0.4, 0.5) is 0 Å². The first-order valence-electron chi connectivity index (χ1n) is 10.6. The largest absolute Gasteiger partial charge is 0.483 e. The molecule has 6 atom stereocenters. The lowest BCUT2D eigenvalue weighted by Crippen LogP contribution is -2.74. The first-order valence-corrected chi connectivity index (χ1v) is 10.6. The summed E-state index contributed by atoms with van der Waals surface area (Å²) >= 11 is 0. The highest BCUT2D eigenvalue weighted by Gasteiger charge is 2.74. The lowest BCUT2D eigenvalue weighted by molar-refractivity contribution is -0.211. The minimum Gasteiger partial charge on any atom is -0.483 e. The summed E-state index contributed by atoms with van der Waals surface area (Å²) in [5, 5.41) is 12.2. The summed E-state index contributed by atoms with van der Waals surface area (Å²) in [5.41, 5.74) is 1.00. The Bertz CT molecular complexity index is 783. The summed E-state index contributed by atoms with van der Waals surface area (Å²) < 4.78 is 12.2. The Labute approximate surface area is 160 Å². The molecule has 1 N–H and O–H groups in total.